The summed E-state index contributed by atoms with van der Waals surface area (Å²) in [6.07, 6.45) is 0.999. The molecule has 0 spiro atoms. The molecule has 2 aliphatic rings. The fourth-order valence-corrected chi connectivity index (χ4v) is 5.12. The summed E-state index contributed by atoms with van der Waals surface area (Å²) in [7, 11) is 0. The number of aromatic nitrogens is 1. The van der Waals surface area contributed by atoms with Crippen LogP contribution in [0.5, 0.6) is 0 Å². The van der Waals surface area contributed by atoms with E-state index in [1.54, 1.807) is 11.3 Å². The second kappa shape index (κ2) is 4.78. The fraction of sp³-hybridized carbons (Fsp3) is 0.750. The molecule has 4 nitrogen and oxygen atoms in total. The van der Waals surface area contributed by atoms with E-state index in [-0.39, 0.29) is 23.3 Å². The molecule has 1 saturated carbocycles. The third-order valence-corrected chi connectivity index (χ3v) is 6.38. The predicted octanol–water partition coefficient (Wildman–Crippen LogP) is 2.75. The second-order valence-corrected chi connectivity index (χ2v) is 8.54. The number of aliphatic hydroxyl groups is 1. The lowest BCUT2D eigenvalue weighted by Gasteiger charge is -2.55. The van der Waals surface area contributed by atoms with E-state index < -0.39 is 0 Å². The number of carbonyl (C=O) groups excluding carboxylic acids is 1. The van der Waals surface area contributed by atoms with Crippen LogP contribution in [0.3, 0.4) is 0 Å². The summed E-state index contributed by atoms with van der Waals surface area (Å²) < 4.78 is 0. The first kappa shape index (κ1) is 15.0. The van der Waals surface area contributed by atoms with E-state index in [0.717, 1.165) is 18.0 Å². The largest absolute Gasteiger partial charge is 0.396 e. The summed E-state index contributed by atoms with van der Waals surface area (Å²) in [5, 5.41) is 12.7. The Bertz CT molecular complexity index is 566. The lowest BCUT2D eigenvalue weighted by Crippen LogP contribution is -2.54. The van der Waals surface area contributed by atoms with Crippen LogP contribution in [-0.2, 0) is 0 Å². The van der Waals surface area contributed by atoms with E-state index in [0.29, 0.717) is 24.1 Å². The topological polar surface area (TPSA) is 53.4 Å². The van der Waals surface area contributed by atoms with Gasteiger partial charge in [0.15, 0.2) is 0 Å². The number of hydrogen-bond donors (Lipinski definition) is 1. The van der Waals surface area contributed by atoms with Crippen molar-refractivity contribution in [1.29, 1.82) is 0 Å². The van der Waals surface area contributed by atoms with Gasteiger partial charge in [0.05, 0.1) is 11.6 Å². The Morgan fingerprint density at radius 3 is 2.76 bits per heavy atom. The summed E-state index contributed by atoms with van der Waals surface area (Å²) in [6.45, 7) is 10.3. The highest BCUT2D eigenvalue weighted by Crippen LogP contribution is 2.62. The van der Waals surface area contributed by atoms with Crippen molar-refractivity contribution in [1.82, 2.24) is 9.88 Å². The van der Waals surface area contributed by atoms with Crippen LogP contribution >= 0.6 is 11.3 Å². The van der Waals surface area contributed by atoms with E-state index in [1.165, 1.54) is 0 Å². The molecular weight excluding hydrogens is 284 g/mol. The van der Waals surface area contributed by atoms with Crippen molar-refractivity contribution in [3.8, 4) is 0 Å². The highest BCUT2D eigenvalue weighted by molar-refractivity contribution is 7.09. The Balaban J connectivity index is 1.78. The minimum atomic E-state index is -0.0734. The fourth-order valence-electron chi connectivity index (χ4n) is 4.31. The highest BCUT2D eigenvalue weighted by atomic mass is 32.1. The van der Waals surface area contributed by atoms with Gasteiger partial charge in [0.1, 0.15) is 5.69 Å². The number of thiazole rings is 1. The van der Waals surface area contributed by atoms with E-state index in [4.69, 9.17) is 0 Å². The van der Waals surface area contributed by atoms with Crippen molar-refractivity contribution in [3.63, 3.8) is 0 Å². The van der Waals surface area contributed by atoms with Crippen LogP contribution in [0.1, 0.15) is 55.5 Å². The first-order chi connectivity index (χ1) is 9.79. The minimum Gasteiger partial charge on any atom is -0.396 e. The second-order valence-electron chi connectivity index (χ2n) is 7.65. The molecule has 116 valence electrons. The molecule has 2 atom stereocenters. The van der Waals surface area contributed by atoms with E-state index in [1.807, 2.05) is 10.3 Å². The maximum Gasteiger partial charge on any atom is 0.273 e. The average molecular weight is 308 g/mol. The lowest BCUT2D eigenvalue weighted by atomic mass is 9.48. The van der Waals surface area contributed by atoms with Crippen molar-refractivity contribution in [3.05, 3.63) is 16.1 Å². The van der Waals surface area contributed by atoms with Gasteiger partial charge >= 0.3 is 0 Å². The number of hydrogen-bond acceptors (Lipinski definition) is 4. The van der Waals surface area contributed by atoms with Crippen LogP contribution in [0.2, 0.25) is 0 Å². The molecule has 0 bridgehead atoms. The molecule has 21 heavy (non-hydrogen) atoms. The number of aliphatic hydroxyl groups excluding tert-OH is 1. The molecule has 2 heterocycles. The smallest absolute Gasteiger partial charge is 0.273 e. The van der Waals surface area contributed by atoms with Crippen LogP contribution in [0.25, 0.3) is 0 Å². The van der Waals surface area contributed by atoms with Crippen LogP contribution in [-0.4, -0.2) is 40.6 Å². The SMILES string of the molecule is CC(C)c1nc(C(=O)N2C[C@@H]3C(C)(C)C[C@]3(CO)C2)cs1. The van der Waals surface area contributed by atoms with Gasteiger partial charge in [-0.15, -0.1) is 11.3 Å². The Morgan fingerprint density at radius 2 is 2.29 bits per heavy atom. The zero-order chi connectivity index (χ0) is 15.4. The van der Waals surface area contributed by atoms with Gasteiger partial charge < -0.3 is 10.0 Å². The molecule has 2 fully saturated rings. The van der Waals surface area contributed by atoms with Crippen LogP contribution in [0.15, 0.2) is 5.38 Å². The van der Waals surface area contributed by atoms with Gasteiger partial charge in [-0.3, -0.25) is 4.79 Å². The molecule has 0 aromatic carbocycles. The standard InChI is InChI=1S/C16H24N2O2S/c1-10(2)13-17-11(6-21-13)14(20)18-5-12-15(3,4)7-16(12,8-18)9-19/h6,10,12,19H,5,7-9H2,1-4H3/t12-,16-/m1/s1. The van der Waals surface area contributed by atoms with Gasteiger partial charge in [0.25, 0.3) is 5.91 Å². The molecule has 0 radical (unpaired) electrons. The zero-order valence-electron chi connectivity index (χ0n) is 13.2. The van der Waals surface area contributed by atoms with Gasteiger partial charge in [-0.2, -0.15) is 0 Å². The Labute approximate surface area is 130 Å². The van der Waals surface area contributed by atoms with Crippen molar-refractivity contribution in [2.75, 3.05) is 19.7 Å². The molecule has 3 rings (SSSR count). The van der Waals surface area contributed by atoms with Gasteiger partial charge in [-0.05, 0) is 17.8 Å². The molecule has 1 saturated heterocycles. The summed E-state index contributed by atoms with van der Waals surface area (Å²) in [4.78, 5) is 19.0. The number of carbonyl (C=O) groups is 1. The van der Waals surface area contributed by atoms with E-state index in [9.17, 15) is 9.90 Å². The summed E-state index contributed by atoms with van der Waals surface area (Å²) in [5.74, 6) is 0.785. The zero-order valence-corrected chi connectivity index (χ0v) is 14.0. The van der Waals surface area contributed by atoms with Crippen molar-refractivity contribution < 1.29 is 9.90 Å². The number of fused-ring (bicyclic) bond motifs is 1. The van der Waals surface area contributed by atoms with Crippen molar-refractivity contribution >= 4 is 17.2 Å². The van der Waals surface area contributed by atoms with Gasteiger partial charge in [0.2, 0.25) is 0 Å². The van der Waals surface area contributed by atoms with Crippen LogP contribution in [0.4, 0.5) is 0 Å². The van der Waals surface area contributed by atoms with Gasteiger partial charge in [-0.1, -0.05) is 27.7 Å². The summed E-state index contributed by atoms with van der Waals surface area (Å²) >= 11 is 1.56. The third-order valence-electron chi connectivity index (χ3n) is 5.24. The quantitative estimate of drug-likeness (QED) is 0.934. The van der Waals surface area contributed by atoms with Crippen molar-refractivity contribution in [2.24, 2.45) is 16.7 Å². The van der Waals surface area contributed by atoms with E-state index in [2.05, 4.69) is 32.7 Å². The summed E-state index contributed by atoms with van der Waals surface area (Å²) in [5.41, 5.74) is 0.717. The lowest BCUT2D eigenvalue weighted by molar-refractivity contribution is -0.0977. The maximum atomic E-state index is 12.7. The monoisotopic (exact) mass is 308 g/mol. The number of rotatable bonds is 3. The third kappa shape index (κ3) is 2.21. The number of nitrogens with zero attached hydrogens (tertiary/aromatic N) is 2. The van der Waals surface area contributed by atoms with Crippen LogP contribution in [0, 0.1) is 16.7 Å². The van der Waals surface area contributed by atoms with Gasteiger partial charge in [-0.25, -0.2) is 4.98 Å². The molecular formula is C16H24N2O2S. The van der Waals surface area contributed by atoms with Gasteiger partial charge in [0, 0.05) is 29.8 Å². The first-order valence-corrected chi connectivity index (χ1v) is 8.52. The normalized spacial score (nSPS) is 30.4. The Morgan fingerprint density at radius 1 is 1.57 bits per heavy atom. The summed E-state index contributed by atoms with van der Waals surface area (Å²) in [6, 6.07) is 0. The molecule has 1 amide bonds. The van der Waals surface area contributed by atoms with Crippen molar-refractivity contribution in [2.45, 2.75) is 40.0 Å². The molecule has 5 heteroatoms. The Kier molecular flexibility index (Phi) is 3.41. The first-order valence-electron chi connectivity index (χ1n) is 7.65. The minimum absolute atomic E-state index is 0.0242. The average Bonchev–Trinajstić information content (AvgIpc) is 3.01. The predicted molar refractivity (Wildman–Crippen MR) is 83.5 cm³/mol. The van der Waals surface area contributed by atoms with E-state index >= 15 is 0 Å². The Hall–Kier alpha value is -0.940. The highest BCUT2D eigenvalue weighted by Gasteiger charge is 2.63. The molecule has 1 aromatic heterocycles. The van der Waals surface area contributed by atoms with Crippen LogP contribution < -0.4 is 0 Å². The number of likely N-dealkylation sites (tertiary alicyclic amines) is 1. The molecule has 1 aromatic rings. The molecule has 1 aliphatic carbocycles. The molecule has 1 N–H and O–H groups in total. The molecule has 1 aliphatic heterocycles. The molecule has 0 unspecified atom stereocenters. The number of amides is 1. The maximum absolute atomic E-state index is 12.7.